The lowest BCUT2D eigenvalue weighted by molar-refractivity contribution is -0.385. The van der Waals surface area contributed by atoms with Crippen LogP contribution in [0.5, 0.6) is 5.75 Å². The molecular weight excluding hydrogens is 397 g/mol. The molecule has 0 aliphatic rings. The number of nitro benzene ring substituents is 1. The molecule has 0 unspecified atom stereocenters. The van der Waals surface area contributed by atoms with E-state index < -0.39 is 4.92 Å². The van der Waals surface area contributed by atoms with Crippen molar-refractivity contribution in [1.29, 1.82) is 0 Å². The van der Waals surface area contributed by atoms with Gasteiger partial charge >= 0.3 is 5.69 Å². The lowest BCUT2D eigenvalue weighted by Gasteiger charge is -2.08. The van der Waals surface area contributed by atoms with E-state index in [1.54, 1.807) is 24.3 Å². The molecule has 0 aromatic heterocycles. The maximum atomic E-state index is 12.0. The van der Waals surface area contributed by atoms with E-state index in [0.717, 1.165) is 10.5 Å². The summed E-state index contributed by atoms with van der Waals surface area (Å²) in [5.74, 6) is -0.505. The summed E-state index contributed by atoms with van der Waals surface area (Å²) >= 11 is 14.9. The van der Waals surface area contributed by atoms with Crippen molar-refractivity contribution in [2.45, 2.75) is 0 Å². The second-order valence-electron chi connectivity index (χ2n) is 4.21. The zero-order valence-electron chi connectivity index (χ0n) is 10.9. The van der Waals surface area contributed by atoms with Gasteiger partial charge in [-0.05, 0) is 18.2 Å². The quantitative estimate of drug-likeness (QED) is 0.402. The number of nitrogens with zero attached hydrogens (tertiary/aromatic N) is 1. The van der Waals surface area contributed by atoms with Crippen LogP contribution in [0, 0.1) is 10.1 Å². The molecule has 0 heterocycles. The topological polar surface area (TPSA) is 69.4 Å². The summed E-state index contributed by atoms with van der Waals surface area (Å²) in [6.07, 6.45) is 0. The molecule has 8 heteroatoms. The first-order valence-electron chi connectivity index (χ1n) is 5.93. The van der Waals surface area contributed by atoms with E-state index in [2.05, 4.69) is 15.9 Å². The normalized spacial score (nSPS) is 10.3. The summed E-state index contributed by atoms with van der Waals surface area (Å²) in [7, 11) is 0. The smallest absolute Gasteiger partial charge is 0.314 e. The number of benzene rings is 2. The van der Waals surface area contributed by atoms with E-state index in [0.29, 0.717) is 5.56 Å². The summed E-state index contributed by atoms with van der Waals surface area (Å²) in [6.45, 7) is -0.371. The van der Waals surface area contributed by atoms with E-state index in [-0.39, 0.29) is 33.9 Å². The lowest BCUT2D eigenvalue weighted by atomic mass is 10.1. The minimum atomic E-state index is -0.669. The first-order valence-corrected chi connectivity index (χ1v) is 7.48. The van der Waals surface area contributed by atoms with Crippen LogP contribution in [0.25, 0.3) is 0 Å². The molecule has 0 radical (unpaired) electrons. The first kappa shape index (κ1) is 16.7. The van der Waals surface area contributed by atoms with Crippen LogP contribution in [0.2, 0.25) is 10.0 Å². The summed E-state index contributed by atoms with van der Waals surface area (Å²) in [4.78, 5) is 22.3. The summed E-state index contributed by atoms with van der Waals surface area (Å²) in [5.41, 5.74) is 0.0389. The highest BCUT2D eigenvalue weighted by molar-refractivity contribution is 9.10. The number of nitro groups is 1. The van der Waals surface area contributed by atoms with E-state index in [4.69, 9.17) is 27.9 Å². The van der Waals surface area contributed by atoms with Gasteiger partial charge in [0.1, 0.15) is 0 Å². The molecule has 0 aliphatic carbocycles. The molecule has 2 aromatic rings. The van der Waals surface area contributed by atoms with Crippen molar-refractivity contribution < 1.29 is 14.5 Å². The van der Waals surface area contributed by atoms with Gasteiger partial charge in [-0.25, -0.2) is 0 Å². The van der Waals surface area contributed by atoms with Crippen LogP contribution in [0.3, 0.4) is 0 Å². The fourth-order valence-corrected chi connectivity index (χ4v) is 2.48. The molecule has 0 spiro atoms. The molecule has 114 valence electrons. The second-order valence-corrected chi connectivity index (χ2v) is 5.97. The van der Waals surface area contributed by atoms with Crippen molar-refractivity contribution in [3.05, 3.63) is 66.6 Å². The van der Waals surface area contributed by atoms with Crippen molar-refractivity contribution in [3.63, 3.8) is 0 Å². The Bertz CT molecular complexity index is 734. The van der Waals surface area contributed by atoms with Gasteiger partial charge in [-0.15, -0.1) is 0 Å². The highest BCUT2D eigenvalue weighted by Crippen LogP contribution is 2.37. The number of Topliss-reactive ketones (excluding diaryl/α,β-unsaturated/α-hetero) is 1. The zero-order valence-corrected chi connectivity index (χ0v) is 14.0. The highest BCUT2D eigenvalue weighted by Gasteiger charge is 2.21. The van der Waals surface area contributed by atoms with Crippen molar-refractivity contribution in [3.8, 4) is 5.75 Å². The Kier molecular flexibility index (Phi) is 5.39. The standard InChI is InChI=1S/C14H8BrCl2NO4/c15-9-3-1-8(2-4-9)13(19)7-22-14-11(17)5-10(16)6-12(14)18(20)21/h1-6H,7H2. The van der Waals surface area contributed by atoms with Crippen molar-refractivity contribution in [1.82, 2.24) is 0 Å². The van der Waals surface area contributed by atoms with E-state index >= 15 is 0 Å². The average molecular weight is 405 g/mol. The number of carbonyl (C=O) groups is 1. The van der Waals surface area contributed by atoms with Crippen LogP contribution in [-0.4, -0.2) is 17.3 Å². The molecule has 0 fully saturated rings. The molecule has 2 aromatic carbocycles. The summed E-state index contributed by atoms with van der Waals surface area (Å²) in [5, 5.41) is 11.1. The zero-order chi connectivity index (χ0) is 16.3. The third-order valence-corrected chi connectivity index (χ3v) is 3.73. The number of ether oxygens (including phenoxy) is 1. The van der Waals surface area contributed by atoms with Crippen molar-refractivity contribution >= 4 is 50.6 Å². The van der Waals surface area contributed by atoms with Gasteiger partial charge in [0, 0.05) is 21.1 Å². The minimum Gasteiger partial charge on any atom is -0.477 e. The van der Waals surface area contributed by atoms with Gasteiger partial charge in [0.25, 0.3) is 0 Å². The van der Waals surface area contributed by atoms with Crippen molar-refractivity contribution in [2.75, 3.05) is 6.61 Å². The molecular formula is C14H8BrCl2NO4. The Morgan fingerprint density at radius 1 is 1.23 bits per heavy atom. The van der Waals surface area contributed by atoms with E-state index in [9.17, 15) is 14.9 Å². The third kappa shape index (κ3) is 3.97. The van der Waals surface area contributed by atoms with Crippen LogP contribution >= 0.6 is 39.1 Å². The minimum absolute atomic E-state index is 0.0252. The van der Waals surface area contributed by atoms with Gasteiger partial charge in [-0.2, -0.15) is 0 Å². The molecule has 0 atom stereocenters. The van der Waals surface area contributed by atoms with Gasteiger partial charge in [0.15, 0.2) is 12.4 Å². The fraction of sp³-hybridized carbons (Fsp3) is 0.0714. The Hall–Kier alpha value is -1.63. The number of carbonyl (C=O) groups excluding carboxylic acids is 1. The van der Waals surface area contributed by atoms with Gasteiger partial charge in [0.2, 0.25) is 5.75 Å². The third-order valence-electron chi connectivity index (χ3n) is 2.70. The van der Waals surface area contributed by atoms with Crippen LogP contribution < -0.4 is 4.74 Å². The van der Waals surface area contributed by atoms with Gasteiger partial charge in [-0.3, -0.25) is 14.9 Å². The maximum Gasteiger partial charge on any atom is 0.314 e. The number of ketones is 1. The van der Waals surface area contributed by atoms with Crippen LogP contribution in [-0.2, 0) is 0 Å². The Morgan fingerprint density at radius 2 is 1.86 bits per heavy atom. The Morgan fingerprint density at radius 3 is 2.45 bits per heavy atom. The summed E-state index contributed by atoms with van der Waals surface area (Å²) in [6, 6.07) is 9.10. The van der Waals surface area contributed by atoms with Gasteiger partial charge < -0.3 is 4.74 Å². The maximum absolute atomic E-state index is 12.0. The number of rotatable bonds is 5. The fourth-order valence-electron chi connectivity index (χ4n) is 1.68. The monoisotopic (exact) mass is 403 g/mol. The molecule has 22 heavy (non-hydrogen) atoms. The SMILES string of the molecule is O=C(COc1c(Cl)cc(Cl)cc1[N+](=O)[O-])c1ccc(Br)cc1. The predicted octanol–water partition coefficient (Wildman–Crippen LogP) is 4.93. The Balaban J connectivity index is 2.19. The molecule has 5 nitrogen and oxygen atoms in total. The number of hydrogen-bond donors (Lipinski definition) is 0. The molecule has 0 amide bonds. The van der Waals surface area contributed by atoms with Crippen LogP contribution in [0.4, 0.5) is 5.69 Å². The molecule has 0 N–H and O–H groups in total. The van der Waals surface area contributed by atoms with E-state index in [1.807, 2.05) is 0 Å². The molecule has 0 saturated heterocycles. The number of hydrogen-bond acceptors (Lipinski definition) is 4. The molecule has 0 bridgehead atoms. The van der Waals surface area contributed by atoms with Gasteiger partial charge in [-0.1, -0.05) is 51.3 Å². The van der Waals surface area contributed by atoms with Crippen LogP contribution in [0.15, 0.2) is 40.9 Å². The van der Waals surface area contributed by atoms with E-state index in [1.165, 1.54) is 6.07 Å². The second kappa shape index (κ2) is 7.09. The largest absolute Gasteiger partial charge is 0.477 e. The summed E-state index contributed by atoms with van der Waals surface area (Å²) < 4.78 is 6.07. The molecule has 0 saturated carbocycles. The number of halogens is 3. The highest BCUT2D eigenvalue weighted by atomic mass is 79.9. The van der Waals surface area contributed by atoms with Gasteiger partial charge in [0.05, 0.1) is 9.95 Å². The lowest BCUT2D eigenvalue weighted by Crippen LogP contribution is -2.12. The first-order chi connectivity index (χ1) is 10.4. The molecule has 2 rings (SSSR count). The van der Waals surface area contributed by atoms with Crippen molar-refractivity contribution in [2.24, 2.45) is 0 Å². The van der Waals surface area contributed by atoms with Crippen LogP contribution in [0.1, 0.15) is 10.4 Å². The average Bonchev–Trinajstić information content (AvgIpc) is 2.45. The molecule has 0 aliphatic heterocycles. The Labute approximate surface area is 144 Å². The predicted molar refractivity (Wildman–Crippen MR) is 87.1 cm³/mol.